The average Bonchev–Trinajstić information content (AvgIpc) is 2.89. The first-order valence-corrected chi connectivity index (χ1v) is 6.09. The van der Waals surface area contributed by atoms with Gasteiger partial charge in [-0.1, -0.05) is 28.9 Å². The number of rotatable bonds is 5. The molecule has 0 spiro atoms. The molecule has 0 aliphatic carbocycles. The van der Waals surface area contributed by atoms with E-state index in [1.54, 1.807) is 25.3 Å². The first kappa shape index (κ1) is 13.6. The normalized spacial score (nSPS) is 10.4. The molecule has 0 atom stereocenters. The number of carbonyl (C=O) groups excluding carboxylic acids is 1. The van der Waals surface area contributed by atoms with Gasteiger partial charge in [-0.25, -0.2) is 0 Å². The molecule has 1 heterocycles. The molecule has 0 aliphatic rings. The van der Waals surface area contributed by atoms with E-state index in [0.29, 0.717) is 29.5 Å². The number of halogens is 1. The van der Waals surface area contributed by atoms with Gasteiger partial charge in [-0.2, -0.15) is 0 Å². The quantitative estimate of drug-likeness (QED) is 0.854. The lowest BCUT2D eigenvalue weighted by Gasteiger charge is -2.00. The molecule has 5 nitrogen and oxygen atoms in total. The highest BCUT2D eigenvalue weighted by atomic mass is 35.5. The molecule has 0 bridgehead atoms. The average molecular weight is 281 g/mol. The minimum atomic E-state index is -0.306. The fraction of sp³-hybridized carbons (Fsp3) is 0.231. The Morgan fingerprint density at radius 3 is 3.00 bits per heavy atom. The van der Waals surface area contributed by atoms with Crippen LogP contribution in [0.15, 0.2) is 34.9 Å². The van der Waals surface area contributed by atoms with E-state index in [9.17, 15) is 4.79 Å². The zero-order valence-electron chi connectivity index (χ0n) is 10.4. The molecule has 0 saturated heterocycles. The van der Waals surface area contributed by atoms with Crippen molar-refractivity contribution in [3.63, 3.8) is 0 Å². The van der Waals surface area contributed by atoms with E-state index in [2.05, 4.69) is 10.5 Å². The van der Waals surface area contributed by atoms with E-state index in [0.717, 1.165) is 0 Å². The van der Waals surface area contributed by atoms with Crippen molar-refractivity contribution in [3.8, 4) is 11.3 Å². The number of carbonyl (C=O) groups is 1. The number of hydrogen-bond acceptors (Lipinski definition) is 4. The van der Waals surface area contributed by atoms with Crippen LogP contribution in [0.25, 0.3) is 11.3 Å². The topological polar surface area (TPSA) is 64.4 Å². The standard InChI is InChI=1S/C13H13ClN2O3/c1-18-7-6-15-13(17)11-8-12(19-16-11)9-4-2-3-5-10(9)14/h2-5,8H,6-7H2,1H3,(H,15,17). The third-order valence-corrected chi connectivity index (χ3v) is 2.80. The van der Waals surface area contributed by atoms with Gasteiger partial charge in [0.15, 0.2) is 11.5 Å². The molecule has 0 fully saturated rings. The van der Waals surface area contributed by atoms with Crippen molar-refractivity contribution in [3.05, 3.63) is 41.0 Å². The number of nitrogens with zero attached hydrogens (tertiary/aromatic N) is 1. The molecule has 100 valence electrons. The monoisotopic (exact) mass is 280 g/mol. The SMILES string of the molecule is COCCNC(=O)c1cc(-c2ccccc2Cl)on1. The Bertz CT molecular complexity index is 569. The van der Waals surface area contributed by atoms with Crippen LogP contribution in [0.3, 0.4) is 0 Å². The van der Waals surface area contributed by atoms with Crippen LogP contribution in [0.4, 0.5) is 0 Å². The summed E-state index contributed by atoms with van der Waals surface area (Å²) in [6, 6.07) is 8.76. The zero-order valence-corrected chi connectivity index (χ0v) is 11.1. The number of hydrogen-bond donors (Lipinski definition) is 1. The Labute approximate surface area is 115 Å². The van der Waals surface area contributed by atoms with Gasteiger partial charge in [0.1, 0.15) is 0 Å². The molecular weight excluding hydrogens is 268 g/mol. The first-order valence-electron chi connectivity index (χ1n) is 5.71. The molecule has 1 N–H and O–H groups in total. The molecule has 2 aromatic rings. The minimum absolute atomic E-state index is 0.214. The number of benzene rings is 1. The Morgan fingerprint density at radius 1 is 1.47 bits per heavy atom. The maximum absolute atomic E-state index is 11.7. The van der Waals surface area contributed by atoms with Crippen LogP contribution in [0, 0.1) is 0 Å². The summed E-state index contributed by atoms with van der Waals surface area (Å²) in [5.74, 6) is 0.154. The number of ether oxygens (including phenoxy) is 1. The predicted octanol–water partition coefficient (Wildman–Crippen LogP) is 2.37. The largest absolute Gasteiger partial charge is 0.383 e. The lowest BCUT2D eigenvalue weighted by Crippen LogP contribution is -2.27. The highest BCUT2D eigenvalue weighted by Gasteiger charge is 2.14. The number of aromatic nitrogens is 1. The van der Waals surface area contributed by atoms with Crippen molar-refractivity contribution in [2.45, 2.75) is 0 Å². The van der Waals surface area contributed by atoms with Crippen LogP contribution in [-0.4, -0.2) is 31.3 Å². The highest BCUT2D eigenvalue weighted by molar-refractivity contribution is 6.33. The summed E-state index contributed by atoms with van der Waals surface area (Å²) in [6.45, 7) is 0.866. The Hall–Kier alpha value is -1.85. The molecule has 2 rings (SSSR count). The summed E-state index contributed by atoms with van der Waals surface area (Å²) in [5.41, 5.74) is 0.915. The van der Waals surface area contributed by atoms with Crippen LogP contribution in [0.2, 0.25) is 5.02 Å². The second-order valence-electron chi connectivity index (χ2n) is 3.80. The van der Waals surface area contributed by atoms with Gasteiger partial charge in [0, 0.05) is 25.3 Å². The molecule has 0 unspecified atom stereocenters. The molecule has 0 radical (unpaired) electrons. The number of amides is 1. The third-order valence-electron chi connectivity index (χ3n) is 2.47. The van der Waals surface area contributed by atoms with Gasteiger partial charge < -0.3 is 14.6 Å². The smallest absolute Gasteiger partial charge is 0.273 e. The Kier molecular flexibility index (Phi) is 4.54. The fourth-order valence-electron chi connectivity index (χ4n) is 1.53. The predicted molar refractivity (Wildman–Crippen MR) is 71.2 cm³/mol. The molecule has 1 aromatic carbocycles. The summed E-state index contributed by atoms with van der Waals surface area (Å²) in [5, 5.41) is 6.93. The summed E-state index contributed by atoms with van der Waals surface area (Å²) in [7, 11) is 1.57. The minimum Gasteiger partial charge on any atom is -0.383 e. The summed E-state index contributed by atoms with van der Waals surface area (Å²) in [6.07, 6.45) is 0. The fourth-order valence-corrected chi connectivity index (χ4v) is 1.76. The van der Waals surface area contributed by atoms with Gasteiger partial charge in [0.2, 0.25) is 0 Å². The van der Waals surface area contributed by atoms with Crippen LogP contribution in [0.5, 0.6) is 0 Å². The van der Waals surface area contributed by atoms with E-state index in [-0.39, 0.29) is 11.6 Å². The lowest BCUT2D eigenvalue weighted by molar-refractivity contribution is 0.0928. The van der Waals surface area contributed by atoms with Crippen LogP contribution >= 0.6 is 11.6 Å². The highest BCUT2D eigenvalue weighted by Crippen LogP contribution is 2.27. The summed E-state index contributed by atoms with van der Waals surface area (Å²) >= 11 is 6.05. The van der Waals surface area contributed by atoms with Gasteiger partial charge >= 0.3 is 0 Å². The summed E-state index contributed by atoms with van der Waals surface area (Å²) < 4.78 is 9.97. The van der Waals surface area contributed by atoms with Crippen molar-refractivity contribution in [1.82, 2.24) is 10.5 Å². The molecule has 6 heteroatoms. The maximum Gasteiger partial charge on any atom is 0.273 e. The van der Waals surface area contributed by atoms with Crippen molar-refractivity contribution in [2.24, 2.45) is 0 Å². The van der Waals surface area contributed by atoms with E-state index >= 15 is 0 Å². The van der Waals surface area contributed by atoms with E-state index in [4.69, 9.17) is 20.9 Å². The molecule has 0 saturated carbocycles. The van der Waals surface area contributed by atoms with Gasteiger partial charge in [-0.05, 0) is 12.1 Å². The van der Waals surface area contributed by atoms with Crippen molar-refractivity contribution < 1.29 is 14.1 Å². The maximum atomic E-state index is 11.7. The van der Waals surface area contributed by atoms with Crippen LogP contribution < -0.4 is 5.32 Å². The second kappa shape index (κ2) is 6.36. The van der Waals surface area contributed by atoms with Crippen molar-refractivity contribution in [1.29, 1.82) is 0 Å². The number of methoxy groups -OCH3 is 1. The third kappa shape index (κ3) is 3.33. The van der Waals surface area contributed by atoms with E-state index in [1.165, 1.54) is 0 Å². The number of nitrogens with one attached hydrogen (secondary N) is 1. The first-order chi connectivity index (χ1) is 9.22. The molecule has 1 aromatic heterocycles. The van der Waals surface area contributed by atoms with Crippen LogP contribution in [-0.2, 0) is 4.74 Å². The molecular formula is C13H13ClN2O3. The van der Waals surface area contributed by atoms with Gasteiger partial charge in [0.05, 0.1) is 11.6 Å². The van der Waals surface area contributed by atoms with Crippen molar-refractivity contribution in [2.75, 3.05) is 20.3 Å². The van der Waals surface area contributed by atoms with Crippen molar-refractivity contribution >= 4 is 17.5 Å². The molecule has 1 amide bonds. The second-order valence-corrected chi connectivity index (χ2v) is 4.21. The van der Waals surface area contributed by atoms with E-state index < -0.39 is 0 Å². The zero-order chi connectivity index (χ0) is 13.7. The van der Waals surface area contributed by atoms with Gasteiger partial charge in [0.25, 0.3) is 5.91 Å². The lowest BCUT2D eigenvalue weighted by atomic mass is 10.1. The van der Waals surface area contributed by atoms with Gasteiger partial charge in [-0.15, -0.1) is 0 Å². The van der Waals surface area contributed by atoms with E-state index in [1.807, 2.05) is 12.1 Å². The molecule has 19 heavy (non-hydrogen) atoms. The Morgan fingerprint density at radius 2 is 2.26 bits per heavy atom. The summed E-state index contributed by atoms with van der Waals surface area (Å²) in [4.78, 5) is 11.7. The van der Waals surface area contributed by atoms with Crippen LogP contribution in [0.1, 0.15) is 10.5 Å². The Balaban J connectivity index is 2.11. The van der Waals surface area contributed by atoms with Gasteiger partial charge in [-0.3, -0.25) is 4.79 Å². The molecule has 0 aliphatic heterocycles.